The predicted octanol–water partition coefficient (Wildman–Crippen LogP) is 6.25. The van der Waals surface area contributed by atoms with Crippen molar-refractivity contribution in [3.8, 4) is 17.2 Å². The lowest BCUT2D eigenvalue weighted by Crippen LogP contribution is -2.22. The Morgan fingerprint density at radius 2 is 1.53 bits per heavy atom. The van der Waals surface area contributed by atoms with Crippen LogP contribution in [0.15, 0.2) is 43.0 Å². The molecule has 4 nitrogen and oxygen atoms in total. The zero-order chi connectivity index (χ0) is 22.7. The van der Waals surface area contributed by atoms with Crippen molar-refractivity contribution in [2.75, 3.05) is 14.2 Å². The molecule has 0 heterocycles. The van der Waals surface area contributed by atoms with E-state index in [1.165, 1.54) is 0 Å². The number of methoxy groups -OCH3 is 2. The molecule has 0 bridgehead atoms. The van der Waals surface area contributed by atoms with Gasteiger partial charge in [0.15, 0.2) is 0 Å². The van der Waals surface area contributed by atoms with E-state index in [9.17, 15) is 4.79 Å². The Labute approximate surface area is 180 Å². The maximum atomic E-state index is 13.3. The summed E-state index contributed by atoms with van der Waals surface area (Å²) in [5.74, 6) is 1.57. The standard InChI is InChI=1S/C26H34O4/c1-10-12-18-19(13-11-14-22(18)29-9)24(27)30-23-20(25(2,3)4)15-17(28-8)16-21(23)26(5,6)7/h10-11,13-16H,1,12H2,2-9H3. The lowest BCUT2D eigenvalue weighted by Gasteiger charge is -2.30. The first-order chi connectivity index (χ1) is 13.9. The summed E-state index contributed by atoms with van der Waals surface area (Å²) in [7, 11) is 3.24. The monoisotopic (exact) mass is 410 g/mol. The smallest absolute Gasteiger partial charge is 0.343 e. The van der Waals surface area contributed by atoms with Crippen LogP contribution in [-0.4, -0.2) is 20.2 Å². The minimum absolute atomic E-state index is 0.248. The van der Waals surface area contributed by atoms with E-state index in [0.29, 0.717) is 23.5 Å². The second kappa shape index (κ2) is 8.95. The third kappa shape index (κ3) is 5.05. The summed E-state index contributed by atoms with van der Waals surface area (Å²) in [5, 5.41) is 0. The number of hydrogen-bond acceptors (Lipinski definition) is 4. The molecule has 0 atom stereocenters. The van der Waals surface area contributed by atoms with Gasteiger partial charge >= 0.3 is 5.97 Å². The Hall–Kier alpha value is -2.75. The zero-order valence-electron chi connectivity index (χ0n) is 19.5. The molecule has 2 aromatic rings. The van der Waals surface area contributed by atoms with Crippen LogP contribution in [0.25, 0.3) is 0 Å². The van der Waals surface area contributed by atoms with E-state index in [2.05, 4.69) is 48.1 Å². The van der Waals surface area contributed by atoms with Crippen molar-refractivity contribution < 1.29 is 19.0 Å². The molecule has 0 radical (unpaired) electrons. The molecular weight excluding hydrogens is 376 g/mol. The van der Waals surface area contributed by atoms with Crippen molar-refractivity contribution in [2.45, 2.75) is 58.8 Å². The van der Waals surface area contributed by atoms with E-state index >= 15 is 0 Å². The molecule has 0 fully saturated rings. The number of rotatable bonds is 6. The van der Waals surface area contributed by atoms with Gasteiger partial charge in [0.1, 0.15) is 17.2 Å². The van der Waals surface area contributed by atoms with Gasteiger partial charge in [-0.15, -0.1) is 6.58 Å². The molecule has 4 heteroatoms. The molecule has 0 spiro atoms. The Morgan fingerprint density at radius 1 is 0.967 bits per heavy atom. The van der Waals surface area contributed by atoms with Gasteiger partial charge in [0.2, 0.25) is 0 Å². The number of carbonyl (C=O) groups excluding carboxylic acids is 1. The van der Waals surface area contributed by atoms with Gasteiger partial charge in [-0.25, -0.2) is 4.79 Å². The first-order valence-corrected chi connectivity index (χ1v) is 10.2. The zero-order valence-corrected chi connectivity index (χ0v) is 19.5. The molecule has 0 N–H and O–H groups in total. The molecule has 0 saturated heterocycles. The second-order valence-electron chi connectivity index (χ2n) is 9.42. The van der Waals surface area contributed by atoms with E-state index in [1.807, 2.05) is 18.2 Å². The van der Waals surface area contributed by atoms with Crippen molar-refractivity contribution in [3.05, 3.63) is 65.2 Å². The van der Waals surface area contributed by atoms with E-state index in [0.717, 1.165) is 22.4 Å². The van der Waals surface area contributed by atoms with Crippen molar-refractivity contribution in [1.82, 2.24) is 0 Å². The number of esters is 1. The number of ether oxygens (including phenoxy) is 3. The second-order valence-corrected chi connectivity index (χ2v) is 9.42. The molecule has 0 aliphatic carbocycles. The fourth-order valence-corrected chi connectivity index (χ4v) is 3.40. The van der Waals surface area contributed by atoms with Gasteiger partial charge in [-0.3, -0.25) is 0 Å². The van der Waals surface area contributed by atoms with Crippen molar-refractivity contribution in [1.29, 1.82) is 0 Å². The van der Waals surface area contributed by atoms with Gasteiger partial charge in [-0.2, -0.15) is 0 Å². The van der Waals surface area contributed by atoms with Gasteiger partial charge < -0.3 is 14.2 Å². The highest BCUT2D eigenvalue weighted by Gasteiger charge is 2.30. The van der Waals surface area contributed by atoms with E-state index in [-0.39, 0.29) is 10.8 Å². The first kappa shape index (κ1) is 23.5. The summed E-state index contributed by atoms with van der Waals surface area (Å²) in [5.41, 5.74) is 2.60. The van der Waals surface area contributed by atoms with Gasteiger partial charge in [0.25, 0.3) is 0 Å². The maximum absolute atomic E-state index is 13.3. The molecule has 0 unspecified atom stereocenters. The maximum Gasteiger partial charge on any atom is 0.343 e. The van der Waals surface area contributed by atoms with Crippen LogP contribution in [0.3, 0.4) is 0 Å². The number of carbonyl (C=O) groups is 1. The van der Waals surface area contributed by atoms with Gasteiger partial charge in [0, 0.05) is 16.7 Å². The topological polar surface area (TPSA) is 44.8 Å². The summed E-state index contributed by atoms with van der Waals surface area (Å²) < 4.78 is 17.1. The molecule has 0 aromatic heterocycles. The average Bonchev–Trinajstić information content (AvgIpc) is 2.66. The van der Waals surface area contributed by atoms with Gasteiger partial charge in [-0.05, 0) is 41.5 Å². The molecular formula is C26H34O4. The SMILES string of the molecule is C=CCc1c(OC)cccc1C(=O)Oc1c(C(C)(C)C)cc(OC)cc1C(C)(C)C. The molecule has 2 rings (SSSR count). The van der Waals surface area contributed by atoms with E-state index in [1.54, 1.807) is 32.4 Å². The number of allylic oxidation sites excluding steroid dienone is 1. The van der Waals surface area contributed by atoms with Crippen LogP contribution in [0.1, 0.15) is 68.6 Å². The summed E-state index contributed by atoms with van der Waals surface area (Å²) in [6, 6.07) is 9.30. The molecule has 2 aromatic carbocycles. The minimum atomic E-state index is -0.410. The highest BCUT2D eigenvalue weighted by atomic mass is 16.5. The molecule has 162 valence electrons. The summed E-state index contributed by atoms with van der Waals surface area (Å²) in [4.78, 5) is 13.3. The first-order valence-electron chi connectivity index (χ1n) is 10.2. The number of benzene rings is 2. The van der Waals surface area contributed by atoms with E-state index in [4.69, 9.17) is 14.2 Å². The molecule has 0 saturated carbocycles. The average molecular weight is 411 g/mol. The third-order valence-electron chi connectivity index (χ3n) is 5.03. The van der Waals surface area contributed by atoms with E-state index < -0.39 is 5.97 Å². The fraction of sp³-hybridized carbons (Fsp3) is 0.423. The highest BCUT2D eigenvalue weighted by molar-refractivity contribution is 5.94. The lowest BCUT2D eigenvalue weighted by molar-refractivity contribution is 0.0727. The Kier molecular flexibility index (Phi) is 7.02. The Morgan fingerprint density at radius 3 is 1.97 bits per heavy atom. The summed E-state index contributed by atoms with van der Waals surface area (Å²) >= 11 is 0. The minimum Gasteiger partial charge on any atom is -0.497 e. The normalized spacial score (nSPS) is 11.7. The molecule has 30 heavy (non-hydrogen) atoms. The lowest BCUT2D eigenvalue weighted by atomic mass is 9.79. The third-order valence-corrected chi connectivity index (χ3v) is 5.03. The van der Waals surface area contributed by atoms with Crippen molar-refractivity contribution in [3.63, 3.8) is 0 Å². The molecule has 0 aliphatic rings. The predicted molar refractivity (Wildman–Crippen MR) is 122 cm³/mol. The van der Waals surface area contributed by atoms with Crippen molar-refractivity contribution in [2.24, 2.45) is 0 Å². The number of hydrogen-bond donors (Lipinski definition) is 0. The fourth-order valence-electron chi connectivity index (χ4n) is 3.40. The van der Waals surface area contributed by atoms with Crippen molar-refractivity contribution >= 4 is 5.97 Å². The quantitative estimate of drug-likeness (QED) is 0.321. The van der Waals surface area contributed by atoms with Crippen LogP contribution in [0.4, 0.5) is 0 Å². The van der Waals surface area contributed by atoms with Crippen LogP contribution >= 0.6 is 0 Å². The van der Waals surface area contributed by atoms with Crippen LogP contribution in [0, 0.1) is 0 Å². The van der Waals surface area contributed by atoms with Crippen LogP contribution in [0.2, 0.25) is 0 Å². The van der Waals surface area contributed by atoms with Crippen LogP contribution in [0.5, 0.6) is 17.2 Å². The Bertz CT molecular complexity index is 892. The Balaban J connectivity index is 2.68. The highest BCUT2D eigenvalue weighted by Crippen LogP contribution is 2.43. The summed E-state index contributed by atoms with van der Waals surface area (Å²) in [6.07, 6.45) is 2.26. The van der Waals surface area contributed by atoms with Crippen LogP contribution in [-0.2, 0) is 17.3 Å². The van der Waals surface area contributed by atoms with Gasteiger partial charge in [0.05, 0.1) is 19.8 Å². The van der Waals surface area contributed by atoms with Crippen LogP contribution < -0.4 is 14.2 Å². The largest absolute Gasteiger partial charge is 0.497 e. The van der Waals surface area contributed by atoms with Gasteiger partial charge in [-0.1, -0.05) is 53.7 Å². The molecule has 0 amide bonds. The summed E-state index contributed by atoms with van der Waals surface area (Å²) in [6.45, 7) is 16.4. The molecule has 0 aliphatic heterocycles.